The van der Waals surface area contributed by atoms with Crippen LogP contribution in [0.4, 0.5) is 5.13 Å². The Kier molecular flexibility index (Phi) is 3.12. The standard InChI is InChI=1S/C12H18N2O2S/c1-8-5-4-6-14(8)11-13-9(7-17-11)12(2,3)10(15)16/h7-8H,4-6H2,1-3H3,(H,15,16). The Balaban J connectivity index is 2.24. The highest BCUT2D eigenvalue weighted by molar-refractivity contribution is 7.13. The van der Waals surface area contributed by atoms with Gasteiger partial charge in [-0.1, -0.05) is 0 Å². The van der Waals surface area contributed by atoms with Crippen LogP contribution in [0.2, 0.25) is 0 Å². The Bertz CT molecular complexity index is 428. The summed E-state index contributed by atoms with van der Waals surface area (Å²) in [5, 5.41) is 12.0. The summed E-state index contributed by atoms with van der Waals surface area (Å²) in [6.07, 6.45) is 2.38. The minimum Gasteiger partial charge on any atom is -0.481 e. The molecule has 1 aromatic heterocycles. The first-order valence-electron chi connectivity index (χ1n) is 5.89. The van der Waals surface area contributed by atoms with Crippen LogP contribution in [-0.2, 0) is 10.2 Å². The third kappa shape index (κ3) is 2.16. The van der Waals surface area contributed by atoms with Crippen LogP contribution in [0, 0.1) is 0 Å². The molecule has 4 nitrogen and oxygen atoms in total. The highest BCUT2D eigenvalue weighted by Crippen LogP contribution is 2.32. The number of aromatic nitrogens is 1. The van der Waals surface area contributed by atoms with Crippen LogP contribution < -0.4 is 4.90 Å². The van der Waals surface area contributed by atoms with Crippen molar-refractivity contribution in [2.45, 2.75) is 45.1 Å². The second kappa shape index (κ2) is 4.29. The number of thiazole rings is 1. The van der Waals surface area contributed by atoms with Crippen LogP contribution in [0.25, 0.3) is 0 Å². The molecule has 5 heteroatoms. The number of anilines is 1. The molecule has 0 spiro atoms. The summed E-state index contributed by atoms with van der Waals surface area (Å²) in [5.74, 6) is -0.830. The quantitative estimate of drug-likeness (QED) is 0.900. The van der Waals surface area contributed by atoms with Crippen LogP contribution in [0.1, 0.15) is 39.3 Å². The van der Waals surface area contributed by atoms with E-state index in [9.17, 15) is 9.90 Å². The molecular formula is C12H18N2O2S. The van der Waals surface area contributed by atoms with E-state index in [2.05, 4.69) is 16.8 Å². The van der Waals surface area contributed by atoms with Crippen molar-refractivity contribution in [3.05, 3.63) is 11.1 Å². The van der Waals surface area contributed by atoms with Gasteiger partial charge in [0.15, 0.2) is 5.13 Å². The summed E-state index contributed by atoms with van der Waals surface area (Å²) < 4.78 is 0. The van der Waals surface area contributed by atoms with E-state index in [-0.39, 0.29) is 0 Å². The van der Waals surface area contributed by atoms with E-state index in [0.29, 0.717) is 11.7 Å². The van der Waals surface area contributed by atoms with Crippen LogP contribution in [0.15, 0.2) is 5.38 Å². The lowest BCUT2D eigenvalue weighted by Gasteiger charge is -2.20. The number of carboxylic acids is 1. The predicted molar refractivity (Wildman–Crippen MR) is 68.8 cm³/mol. The fourth-order valence-electron chi connectivity index (χ4n) is 2.01. The maximum atomic E-state index is 11.2. The molecule has 1 aromatic rings. The number of nitrogens with zero attached hydrogens (tertiary/aromatic N) is 2. The van der Waals surface area contributed by atoms with Crippen molar-refractivity contribution in [3.8, 4) is 0 Å². The van der Waals surface area contributed by atoms with Crippen molar-refractivity contribution < 1.29 is 9.90 Å². The molecule has 0 aromatic carbocycles. The van der Waals surface area contributed by atoms with Crippen LogP contribution in [0.3, 0.4) is 0 Å². The number of aliphatic carboxylic acids is 1. The van der Waals surface area contributed by atoms with Gasteiger partial charge in [0.25, 0.3) is 0 Å². The highest BCUT2D eigenvalue weighted by Gasteiger charge is 2.33. The maximum absolute atomic E-state index is 11.2. The van der Waals surface area contributed by atoms with Crippen molar-refractivity contribution in [1.82, 2.24) is 4.98 Å². The van der Waals surface area contributed by atoms with Crippen LogP contribution >= 0.6 is 11.3 Å². The lowest BCUT2D eigenvalue weighted by Crippen LogP contribution is -2.30. The Morgan fingerprint density at radius 3 is 2.88 bits per heavy atom. The number of carbonyl (C=O) groups is 1. The summed E-state index contributed by atoms with van der Waals surface area (Å²) in [6, 6.07) is 0.516. The van der Waals surface area contributed by atoms with Crippen LogP contribution in [-0.4, -0.2) is 28.6 Å². The van der Waals surface area contributed by atoms with E-state index in [0.717, 1.165) is 11.7 Å². The van der Waals surface area contributed by atoms with E-state index in [1.165, 1.54) is 12.8 Å². The second-order valence-electron chi connectivity index (χ2n) is 5.13. The third-order valence-electron chi connectivity index (χ3n) is 3.47. The molecule has 2 rings (SSSR count). The zero-order valence-corrected chi connectivity index (χ0v) is 11.3. The number of rotatable bonds is 3. The molecule has 1 aliphatic heterocycles. The monoisotopic (exact) mass is 254 g/mol. The van der Waals surface area contributed by atoms with Gasteiger partial charge in [0.05, 0.1) is 5.69 Å². The van der Waals surface area contributed by atoms with E-state index in [1.807, 2.05) is 5.38 Å². The first-order valence-corrected chi connectivity index (χ1v) is 6.77. The molecule has 0 aliphatic carbocycles. The van der Waals surface area contributed by atoms with Crippen LogP contribution in [0.5, 0.6) is 0 Å². The summed E-state index contributed by atoms with van der Waals surface area (Å²) in [7, 11) is 0. The summed E-state index contributed by atoms with van der Waals surface area (Å²) in [4.78, 5) is 17.9. The minimum atomic E-state index is -0.905. The number of hydrogen-bond acceptors (Lipinski definition) is 4. The van der Waals surface area contributed by atoms with Crippen molar-refractivity contribution in [2.75, 3.05) is 11.4 Å². The molecule has 17 heavy (non-hydrogen) atoms. The first-order chi connectivity index (χ1) is 7.93. The molecule has 94 valence electrons. The molecule has 0 amide bonds. The van der Waals surface area contributed by atoms with Gasteiger partial charge in [0.2, 0.25) is 0 Å². The van der Waals surface area contributed by atoms with Gasteiger partial charge in [-0.05, 0) is 33.6 Å². The number of carboxylic acid groups (broad SMARTS) is 1. The van der Waals surface area contributed by atoms with Gasteiger partial charge in [-0.3, -0.25) is 4.79 Å². The Morgan fingerprint density at radius 1 is 1.65 bits per heavy atom. The zero-order valence-electron chi connectivity index (χ0n) is 10.4. The SMILES string of the molecule is CC1CCCN1c1nc(C(C)(C)C(=O)O)cs1. The van der Waals surface area contributed by atoms with Crippen molar-refractivity contribution in [1.29, 1.82) is 0 Å². The predicted octanol–water partition coefficient (Wildman–Crippen LogP) is 2.49. The van der Waals surface area contributed by atoms with Gasteiger partial charge >= 0.3 is 5.97 Å². The molecule has 0 saturated carbocycles. The second-order valence-corrected chi connectivity index (χ2v) is 5.97. The van der Waals surface area contributed by atoms with E-state index < -0.39 is 11.4 Å². The molecule has 0 radical (unpaired) electrons. The van der Waals surface area contributed by atoms with Gasteiger partial charge in [-0.2, -0.15) is 0 Å². The van der Waals surface area contributed by atoms with Gasteiger partial charge in [0, 0.05) is 18.0 Å². The van der Waals surface area contributed by atoms with E-state index in [4.69, 9.17) is 0 Å². The Morgan fingerprint density at radius 2 is 2.35 bits per heavy atom. The minimum absolute atomic E-state index is 0.516. The molecule has 1 N–H and O–H groups in total. The maximum Gasteiger partial charge on any atom is 0.315 e. The Hall–Kier alpha value is -1.10. The zero-order chi connectivity index (χ0) is 12.6. The lowest BCUT2D eigenvalue weighted by molar-refractivity contribution is -0.142. The summed E-state index contributed by atoms with van der Waals surface area (Å²) in [5.41, 5.74) is -0.248. The summed E-state index contributed by atoms with van der Waals surface area (Å²) >= 11 is 1.55. The van der Waals surface area contributed by atoms with Gasteiger partial charge < -0.3 is 10.0 Å². The fraction of sp³-hybridized carbons (Fsp3) is 0.667. The average molecular weight is 254 g/mol. The summed E-state index contributed by atoms with van der Waals surface area (Å²) in [6.45, 7) is 6.61. The smallest absolute Gasteiger partial charge is 0.315 e. The van der Waals surface area contributed by atoms with Gasteiger partial charge in [-0.15, -0.1) is 11.3 Å². The molecule has 2 heterocycles. The highest BCUT2D eigenvalue weighted by atomic mass is 32.1. The van der Waals surface area contributed by atoms with Crippen molar-refractivity contribution in [2.24, 2.45) is 0 Å². The topological polar surface area (TPSA) is 53.4 Å². The lowest BCUT2D eigenvalue weighted by atomic mass is 9.90. The van der Waals surface area contributed by atoms with Crippen molar-refractivity contribution >= 4 is 22.4 Å². The molecular weight excluding hydrogens is 236 g/mol. The first kappa shape index (κ1) is 12.4. The van der Waals surface area contributed by atoms with Gasteiger partial charge in [0.1, 0.15) is 5.41 Å². The average Bonchev–Trinajstić information content (AvgIpc) is 2.85. The van der Waals surface area contributed by atoms with Crippen molar-refractivity contribution in [3.63, 3.8) is 0 Å². The Labute approximate surface area is 105 Å². The van der Waals surface area contributed by atoms with E-state index in [1.54, 1.807) is 25.2 Å². The van der Waals surface area contributed by atoms with E-state index >= 15 is 0 Å². The molecule has 1 saturated heterocycles. The molecule has 0 bridgehead atoms. The third-order valence-corrected chi connectivity index (χ3v) is 4.34. The molecule has 1 aliphatic rings. The number of hydrogen-bond donors (Lipinski definition) is 1. The van der Waals surface area contributed by atoms with Gasteiger partial charge in [-0.25, -0.2) is 4.98 Å². The molecule has 1 fully saturated rings. The fourth-order valence-corrected chi connectivity index (χ4v) is 3.13. The normalized spacial score (nSPS) is 20.9. The largest absolute Gasteiger partial charge is 0.481 e. The molecule has 1 unspecified atom stereocenters. The molecule has 1 atom stereocenters.